The molecule has 1 aliphatic heterocycles. The summed E-state index contributed by atoms with van der Waals surface area (Å²) >= 11 is 13.7. The summed E-state index contributed by atoms with van der Waals surface area (Å²) < 4.78 is 5.08. The molecule has 3 heterocycles. The van der Waals surface area contributed by atoms with Gasteiger partial charge in [-0.3, -0.25) is 4.79 Å². The lowest BCUT2D eigenvalue weighted by Crippen LogP contribution is -2.38. The summed E-state index contributed by atoms with van der Waals surface area (Å²) in [4.78, 5) is 30.7. The topological polar surface area (TPSA) is 63.4 Å². The van der Waals surface area contributed by atoms with E-state index in [0.717, 1.165) is 34.7 Å². The van der Waals surface area contributed by atoms with E-state index in [-0.39, 0.29) is 11.7 Å². The monoisotopic (exact) mass is 448 g/mol. The molecule has 150 valence electrons. The molecule has 0 radical (unpaired) electrons. The molecule has 5 nitrogen and oxygen atoms in total. The highest BCUT2D eigenvalue weighted by Gasteiger charge is 2.27. The Morgan fingerprint density at radius 1 is 1.17 bits per heavy atom. The van der Waals surface area contributed by atoms with Crippen molar-refractivity contribution in [1.29, 1.82) is 0 Å². The number of nitrogens with zero attached hydrogens (tertiary/aromatic N) is 2. The van der Waals surface area contributed by atoms with Crippen LogP contribution in [0.4, 0.5) is 0 Å². The third-order valence-corrected chi connectivity index (χ3v) is 6.74. The minimum absolute atomic E-state index is 0.101. The third kappa shape index (κ3) is 4.39. The van der Waals surface area contributed by atoms with Crippen molar-refractivity contribution in [2.75, 3.05) is 13.1 Å². The summed E-state index contributed by atoms with van der Waals surface area (Å²) in [7, 11) is 0. The Morgan fingerprint density at radius 3 is 2.62 bits per heavy atom. The van der Waals surface area contributed by atoms with E-state index in [9.17, 15) is 9.59 Å². The summed E-state index contributed by atoms with van der Waals surface area (Å²) in [6.07, 6.45) is 1.63. The van der Waals surface area contributed by atoms with E-state index < -0.39 is 5.63 Å². The Hall–Kier alpha value is -2.15. The maximum absolute atomic E-state index is 12.7. The first kappa shape index (κ1) is 20.1. The number of hydrogen-bond donors (Lipinski definition) is 0. The molecule has 1 fully saturated rings. The average Bonchev–Trinajstić information content (AvgIpc) is 3.19. The first-order valence-corrected chi connectivity index (χ1v) is 10.9. The minimum atomic E-state index is -0.499. The number of hydrogen-bond acceptors (Lipinski definition) is 5. The van der Waals surface area contributed by atoms with Crippen molar-refractivity contribution in [3.63, 3.8) is 0 Å². The Morgan fingerprint density at radius 2 is 1.93 bits per heavy atom. The van der Waals surface area contributed by atoms with Crippen molar-refractivity contribution in [2.45, 2.75) is 25.7 Å². The van der Waals surface area contributed by atoms with Crippen LogP contribution in [0.2, 0.25) is 10.0 Å². The molecule has 0 unspecified atom stereocenters. The molecule has 1 aromatic carbocycles. The third-order valence-electron chi connectivity index (χ3n) is 4.99. The maximum Gasteiger partial charge on any atom is 0.336 e. The van der Waals surface area contributed by atoms with Crippen molar-refractivity contribution in [3.05, 3.63) is 72.5 Å². The minimum Gasteiger partial charge on any atom is -0.417 e. The summed E-state index contributed by atoms with van der Waals surface area (Å²) in [5.41, 5.74) is 2.03. The van der Waals surface area contributed by atoms with Crippen molar-refractivity contribution in [2.24, 2.45) is 0 Å². The van der Waals surface area contributed by atoms with E-state index in [1.165, 1.54) is 6.07 Å². The van der Waals surface area contributed by atoms with Gasteiger partial charge in [-0.1, -0.05) is 29.3 Å². The van der Waals surface area contributed by atoms with E-state index in [1.54, 1.807) is 35.3 Å². The molecule has 3 aromatic rings. The predicted molar refractivity (Wildman–Crippen MR) is 115 cm³/mol. The van der Waals surface area contributed by atoms with Crippen molar-refractivity contribution in [1.82, 2.24) is 9.88 Å². The molecule has 0 aliphatic carbocycles. The number of carbonyl (C=O) groups is 1. The molecular weight excluding hydrogens is 431 g/mol. The molecule has 29 heavy (non-hydrogen) atoms. The first-order valence-electron chi connectivity index (χ1n) is 9.22. The van der Waals surface area contributed by atoms with Crippen molar-refractivity contribution >= 4 is 40.4 Å². The maximum atomic E-state index is 12.7. The number of amides is 1. The van der Waals surface area contributed by atoms with E-state index in [0.29, 0.717) is 29.1 Å². The molecule has 1 aliphatic rings. The van der Waals surface area contributed by atoms with E-state index in [1.807, 2.05) is 17.5 Å². The molecule has 2 aromatic heterocycles. The fraction of sp³-hybridized carbons (Fsp3) is 0.286. The van der Waals surface area contributed by atoms with Crippen LogP contribution in [-0.2, 0) is 0 Å². The van der Waals surface area contributed by atoms with Gasteiger partial charge in [-0.2, -0.15) is 0 Å². The lowest BCUT2D eigenvalue weighted by molar-refractivity contribution is 0.0675. The van der Waals surface area contributed by atoms with Crippen LogP contribution in [-0.4, -0.2) is 28.9 Å². The average molecular weight is 449 g/mol. The molecule has 4 rings (SSSR count). The smallest absolute Gasteiger partial charge is 0.336 e. The molecular formula is C21H18Cl2N2O3S. The van der Waals surface area contributed by atoms with Gasteiger partial charge in [0.2, 0.25) is 0 Å². The number of likely N-dealkylation sites (tertiary alicyclic amines) is 1. The van der Waals surface area contributed by atoms with Crippen LogP contribution < -0.4 is 5.63 Å². The van der Waals surface area contributed by atoms with Gasteiger partial charge in [0.05, 0.1) is 20.7 Å². The number of thiazole rings is 1. The van der Waals surface area contributed by atoms with Gasteiger partial charge < -0.3 is 9.32 Å². The van der Waals surface area contributed by atoms with Gasteiger partial charge in [0.15, 0.2) is 5.76 Å². The van der Waals surface area contributed by atoms with Crippen LogP contribution in [0.15, 0.2) is 44.9 Å². The molecule has 0 saturated carbocycles. The van der Waals surface area contributed by atoms with Gasteiger partial charge in [-0.15, -0.1) is 11.3 Å². The summed E-state index contributed by atoms with van der Waals surface area (Å²) in [5, 5.41) is 4.11. The fourth-order valence-electron chi connectivity index (χ4n) is 3.46. The molecule has 8 heteroatoms. The van der Waals surface area contributed by atoms with E-state index in [2.05, 4.69) is 0 Å². The molecule has 1 amide bonds. The van der Waals surface area contributed by atoms with Crippen LogP contribution in [0.25, 0.3) is 11.3 Å². The predicted octanol–water partition coefficient (Wildman–Crippen LogP) is 5.40. The van der Waals surface area contributed by atoms with Gasteiger partial charge in [0.1, 0.15) is 0 Å². The summed E-state index contributed by atoms with van der Waals surface area (Å²) in [6.45, 7) is 2.97. The summed E-state index contributed by atoms with van der Waals surface area (Å²) in [5.74, 6) is 0.162. The molecule has 1 saturated heterocycles. The first-order chi connectivity index (χ1) is 13.9. The normalized spacial score (nSPS) is 14.9. The fourth-order valence-corrected chi connectivity index (χ4v) is 4.75. The number of piperidine rings is 1. The van der Waals surface area contributed by atoms with Gasteiger partial charge in [0, 0.05) is 36.0 Å². The van der Waals surface area contributed by atoms with Gasteiger partial charge in [-0.05, 0) is 43.5 Å². The number of rotatable bonds is 3. The van der Waals surface area contributed by atoms with Gasteiger partial charge in [0.25, 0.3) is 5.91 Å². The van der Waals surface area contributed by atoms with E-state index in [4.69, 9.17) is 32.6 Å². The Balaban J connectivity index is 1.43. The lowest BCUT2D eigenvalue weighted by atomic mass is 9.97. The van der Waals surface area contributed by atoms with Gasteiger partial charge in [-0.25, -0.2) is 9.78 Å². The highest BCUT2D eigenvalue weighted by molar-refractivity contribution is 7.10. The van der Waals surface area contributed by atoms with Gasteiger partial charge >= 0.3 is 5.63 Å². The van der Waals surface area contributed by atoms with E-state index >= 15 is 0 Å². The SMILES string of the molecule is Cc1cc(C(=O)N2CCC(c3nc(-c4ccc(Cl)c(Cl)c4)cs3)CC2)oc(=O)c1. The molecule has 0 atom stereocenters. The second-order valence-corrected chi connectivity index (χ2v) is 8.79. The quantitative estimate of drug-likeness (QED) is 0.537. The number of halogens is 2. The Kier molecular flexibility index (Phi) is 5.76. The zero-order chi connectivity index (χ0) is 20.5. The van der Waals surface area contributed by atoms with Crippen molar-refractivity contribution < 1.29 is 9.21 Å². The number of aryl methyl sites for hydroxylation is 1. The molecule has 0 spiro atoms. The van der Waals surface area contributed by atoms with Crippen LogP contribution >= 0.6 is 34.5 Å². The Labute approximate surface area is 181 Å². The van der Waals surface area contributed by atoms with Crippen LogP contribution in [0.1, 0.15) is 39.9 Å². The molecule has 0 bridgehead atoms. The van der Waals surface area contributed by atoms with Crippen LogP contribution in [0, 0.1) is 6.92 Å². The number of carbonyl (C=O) groups excluding carboxylic acids is 1. The number of benzene rings is 1. The Bertz CT molecular complexity index is 1120. The number of aromatic nitrogens is 1. The highest BCUT2D eigenvalue weighted by Crippen LogP contribution is 2.34. The van der Waals surface area contributed by atoms with Crippen LogP contribution in [0.5, 0.6) is 0 Å². The second-order valence-electron chi connectivity index (χ2n) is 7.08. The zero-order valence-corrected chi connectivity index (χ0v) is 18.0. The molecule has 0 N–H and O–H groups in total. The second kappa shape index (κ2) is 8.30. The van der Waals surface area contributed by atoms with Crippen molar-refractivity contribution in [3.8, 4) is 11.3 Å². The zero-order valence-electron chi connectivity index (χ0n) is 15.7. The lowest BCUT2D eigenvalue weighted by Gasteiger charge is -2.30. The van der Waals surface area contributed by atoms with Crippen LogP contribution in [0.3, 0.4) is 0 Å². The summed E-state index contributed by atoms with van der Waals surface area (Å²) in [6, 6.07) is 8.48. The highest BCUT2D eigenvalue weighted by atomic mass is 35.5. The largest absolute Gasteiger partial charge is 0.417 e. The standard InChI is InChI=1S/C21H18Cl2N2O3S/c1-12-8-18(28-19(26)9-12)21(27)25-6-4-13(5-7-25)20-24-17(11-29-20)14-2-3-15(22)16(23)10-14/h2-3,8-11,13H,4-7H2,1H3.